The minimum atomic E-state index is 0.717. The van der Waals surface area contributed by atoms with Gasteiger partial charge in [0.25, 0.3) is 0 Å². The number of nitrogens with zero attached hydrogens (tertiary/aromatic N) is 1. The summed E-state index contributed by atoms with van der Waals surface area (Å²) in [6, 6.07) is 0. The summed E-state index contributed by atoms with van der Waals surface area (Å²) in [6.07, 6.45) is 4.77. The third-order valence-corrected chi connectivity index (χ3v) is 2.29. The van der Waals surface area contributed by atoms with E-state index in [1.807, 2.05) is 6.92 Å². The molecule has 0 saturated carbocycles. The predicted molar refractivity (Wildman–Crippen MR) is 46.4 cm³/mol. The zero-order chi connectivity index (χ0) is 8.39. The van der Waals surface area contributed by atoms with Gasteiger partial charge in [-0.1, -0.05) is 0 Å². The molecule has 0 aromatic carbocycles. The Balaban J connectivity index is 2.25. The molecule has 66 valence electrons. The Hall–Kier alpha value is -0.990. The van der Waals surface area contributed by atoms with Crippen LogP contribution >= 0.6 is 0 Å². The molecule has 0 atom stereocenters. The van der Waals surface area contributed by atoms with Crippen molar-refractivity contribution in [3.63, 3.8) is 0 Å². The quantitative estimate of drug-likeness (QED) is 0.726. The Morgan fingerprint density at radius 1 is 1.42 bits per heavy atom. The first-order chi connectivity index (χ1) is 5.92. The highest BCUT2D eigenvalue weighted by Gasteiger charge is 2.17. The highest BCUT2D eigenvalue weighted by Crippen LogP contribution is 2.26. The fraction of sp³-hybridized carbons (Fsp3) is 0.667. The monoisotopic (exact) mass is 166 g/mol. The van der Waals surface area contributed by atoms with Crippen molar-refractivity contribution in [3.8, 4) is 5.88 Å². The van der Waals surface area contributed by atoms with Crippen LogP contribution in [0, 0.1) is 0 Å². The first kappa shape index (κ1) is 7.65. The van der Waals surface area contributed by atoms with Gasteiger partial charge in [0.15, 0.2) is 0 Å². The molecule has 0 radical (unpaired) electrons. The Morgan fingerprint density at radius 3 is 3.08 bits per heavy atom. The highest BCUT2D eigenvalue weighted by molar-refractivity contribution is 5.32. The van der Waals surface area contributed by atoms with E-state index in [4.69, 9.17) is 4.74 Å². The maximum atomic E-state index is 5.43. The van der Waals surface area contributed by atoms with Crippen LogP contribution in [0.15, 0.2) is 0 Å². The number of aromatic nitrogens is 2. The molecule has 0 aliphatic heterocycles. The number of aromatic amines is 1. The van der Waals surface area contributed by atoms with Gasteiger partial charge >= 0.3 is 0 Å². The van der Waals surface area contributed by atoms with Crippen molar-refractivity contribution >= 4 is 0 Å². The molecular weight excluding hydrogens is 152 g/mol. The third kappa shape index (κ3) is 1.19. The molecule has 2 rings (SSSR count). The van der Waals surface area contributed by atoms with E-state index < -0.39 is 0 Å². The summed E-state index contributed by atoms with van der Waals surface area (Å²) >= 11 is 0. The summed E-state index contributed by atoms with van der Waals surface area (Å²) in [6.45, 7) is 2.71. The Morgan fingerprint density at radius 2 is 2.25 bits per heavy atom. The lowest BCUT2D eigenvalue weighted by Crippen LogP contribution is -2.02. The molecule has 12 heavy (non-hydrogen) atoms. The second-order valence-corrected chi connectivity index (χ2v) is 3.12. The van der Waals surface area contributed by atoms with Gasteiger partial charge in [-0.2, -0.15) is 5.10 Å². The number of rotatable bonds is 2. The Kier molecular flexibility index (Phi) is 2.02. The molecule has 0 fully saturated rings. The topological polar surface area (TPSA) is 37.9 Å². The van der Waals surface area contributed by atoms with E-state index in [2.05, 4.69) is 10.2 Å². The summed E-state index contributed by atoms with van der Waals surface area (Å²) in [4.78, 5) is 0. The van der Waals surface area contributed by atoms with Crippen molar-refractivity contribution in [3.05, 3.63) is 11.3 Å². The molecule has 1 aromatic heterocycles. The molecule has 1 aromatic rings. The molecule has 3 nitrogen and oxygen atoms in total. The highest BCUT2D eigenvalue weighted by atomic mass is 16.5. The number of aryl methyl sites for hydroxylation is 1. The molecule has 1 heterocycles. The number of fused-ring (bicyclic) bond motifs is 1. The van der Waals surface area contributed by atoms with Gasteiger partial charge in [-0.05, 0) is 32.6 Å². The maximum absolute atomic E-state index is 5.43. The number of ether oxygens (including phenoxy) is 1. The number of H-pyrrole nitrogens is 1. The molecule has 1 aliphatic carbocycles. The van der Waals surface area contributed by atoms with Gasteiger partial charge in [0.1, 0.15) is 0 Å². The molecule has 0 bridgehead atoms. The van der Waals surface area contributed by atoms with Crippen LogP contribution in [0.1, 0.15) is 31.0 Å². The van der Waals surface area contributed by atoms with E-state index in [1.54, 1.807) is 0 Å². The van der Waals surface area contributed by atoms with Gasteiger partial charge in [0.2, 0.25) is 5.88 Å². The lowest BCUT2D eigenvalue weighted by atomic mass is 9.98. The summed E-state index contributed by atoms with van der Waals surface area (Å²) in [5.74, 6) is 0.896. The van der Waals surface area contributed by atoms with Crippen molar-refractivity contribution in [1.82, 2.24) is 10.2 Å². The Labute approximate surface area is 72.1 Å². The second-order valence-electron chi connectivity index (χ2n) is 3.12. The zero-order valence-corrected chi connectivity index (χ0v) is 7.39. The Bertz CT molecular complexity index is 267. The summed E-state index contributed by atoms with van der Waals surface area (Å²) in [5, 5.41) is 7.17. The molecule has 0 amide bonds. The third-order valence-electron chi connectivity index (χ3n) is 2.29. The lowest BCUT2D eigenvalue weighted by Gasteiger charge is -2.10. The first-order valence-electron chi connectivity index (χ1n) is 4.60. The van der Waals surface area contributed by atoms with E-state index in [0.29, 0.717) is 6.61 Å². The zero-order valence-electron chi connectivity index (χ0n) is 7.39. The van der Waals surface area contributed by atoms with Crippen molar-refractivity contribution in [1.29, 1.82) is 0 Å². The largest absolute Gasteiger partial charge is 0.478 e. The van der Waals surface area contributed by atoms with E-state index in [0.717, 1.165) is 18.7 Å². The van der Waals surface area contributed by atoms with Gasteiger partial charge in [0.05, 0.1) is 12.3 Å². The van der Waals surface area contributed by atoms with Crippen LogP contribution < -0.4 is 4.74 Å². The maximum Gasteiger partial charge on any atom is 0.212 e. The smallest absolute Gasteiger partial charge is 0.212 e. The van der Waals surface area contributed by atoms with Crippen LogP contribution in [-0.4, -0.2) is 16.8 Å². The average molecular weight is 166 g/mol. The normalized spacial score (nSPS) is 15.8. The van der Waals surface area contributed by atoms with Crippen LogP contribution in [0.5, 0.6) is 5.88 Å². The van der Waals surface area contributed by atoms with Crippen LogP contribution in [-0.2, 0) is 12.8 Å². The van der Waals surface area contributed by atoms with Crippen LogP contribution in [0.2, 0.25) is 0 Å². The molecular formula is C9H14N2O. The number of hydrogen-bond acceptors (Lipinski definition) is 2. The van der Waals surface area contributed by atoms with Crippen LogP contribution in [0.4, 0.5) is 0 Å². The van der Waals surface area contributed by atoms with Gasteiger partial charge in [-0.25, -0.2) is 5.10 Å². The molecule has 0 unspecified atom stereocenters. The standard InChI is InChI=1S/C9H14N2O/c1-2-12-9-7-5-3-4-6-8(7)10-11-9/h2-6H2,1H3,(H,10,11). The van der Waals surface area contributed by atoms with E-state index in [1.165, 1.54) is 24.1 Å². The van der Waals surface area contributed by atoms with Gasteiger partial charge < -0.3 is 4.74 Å². The van der Waals surface area contributed by atoms with E-state index in [-0.39, 0.29) is 0 Å². The summed E-state index contributed by atoms with van der Waals surface area (Å²) in [7, 11) is 0. The van der Waals surface area contributed by atoms with Crippen molar-refractivity contribution < 1.29 is 4.74 Å². The molecule has 3 heteroatoms. The minimum absolute atomic E-state index is 0.717. The van der Waals surface area contributed by atoms with Gasteiger partial charge in [-0.3, -0.25) is 0 Å². The SMILES string of the molecule is CCOc1[nH]nc2c1CCCC2. The van der Waals surface area contributed by atoms with Gasteiger partial charge in [0, 0.05) is 5.56 Å². The van der Waals surface area contributed by atoms with Crippen molar-refractivity contribution in [2.24, 2.45) is 0 Å². The molecule has 0 saturated heterocycles. The van der Waals surface area contributed by atoms with Crippen molar-refractivity contribution in [2.75, 3.05) is 6.61 Å². The van der Waals surface area contributed by atoms with E-state index in [9.17, 15) is 0 Å². The van der Waals surface area contributed by atoms with Crippen LogP contribution in [0.25, 0.3) is 0 Å². The van der Waals surface area contributed by atoms with Crippen molar-refractivity contribution in [2.45, 2.75) is 32.6 Å². The first-order valence-corrected chi connectivity index (χ1v) is 4.60. The predicted octanol–water partition coefficient (Wildman–Crippen LogP) is 1.69. The second kappa shape index (κ2) is 3.17. The van der Waals surface area contributed by atoms with E-state index >= 15 is 0 Å². The molecule has 0 spiro atoms. The minimum Gasteiger partial charge on any atom is -0.478 e. The fourth-order valence-electron chi connectivity index (χ4n) is 1.71. The fourth-order valence-corrected chi connectivity index (χ4v) is 1.71. The van der Waals surface area contributed by atoms with Crippen LogP contribution in [0.3, 0.4) is 0 Å². The molecule has 1 N–H and O–H groups in total. The lowest BCUT2D eigenvalue weighted by molar-refractivity contribution is 0.322. The number of nitrogens with one attached hydrogen (secondary N) is 1. The summed E-state index contributed by atoms with van der Waals surface area (Å²) < 4.78 is 5.43. The number of hydrogen-bond donors (Lipinski definition) is 1. The molecule has 1 aliphatic rings. The average Bonchev–Trinajstić information content (AvgIpc) is 2.50. The van der Waals surface area contributed by atoms with Gasteiger partial charge in [-0.15, -0.1) is 0 Å². The summed E-state index contributed by atoms with van der Waals surface area (Å²) in [5.41, 5.74) is 2.52.